The number of unbranched alkanes of at least 4 members (excludes halogenated alkanes) is 1. The van der Waals surface area contributed by atoms with Gasteiger partial charge in [-0.05, 0) is 79.9 Å². The molecular weight excluding hydrogens is 689 g/mol. The Morgan fingerprint density at radius 1 is 0.696 bits per heavy atom. The fourth-order valence-electron chi connectivity index (χ4n) is 7.77. The van der Waals surface area contributed by atoms with Gasteiger partial charge >= 0.3 is 0 Å². The SMILES string of the molecule is C=C(CC)c1ccc2nc(CCCC)n(Cc3ccc(-c4ccccc4-c4nnnn4C(c4ccccc4)(c4ccccc4)c4ccccc4)cc3)c(=O)c2c1. The largest absolute Gasteiger partial charge is 0.292 e. The predicted molar refractivity (Wildman–Crippen MR) is 226 cm³/mol. The highest BCUT2D eigenvalue weighted by Crippen LogP contribution is 2.43. The first kappa shape index (κ1) is 36.3. The van der Waals surface area contributed by atoms with Gasteiger partial charge in [0.25, 0.3) is 5.56 Å². The van der Waals surface area contributed by atoms with Crippen molar-refractivity contribution in [3.63, 3.8) is 0 Å². The van der Waals surface area contributed by atoms with Crippen LogP contribution in [0.4, 0.5) is 0 Å². The number of aromatic nitrogens is 6. The molecule has 0 saturated heterocycles. The van der Waals surface area contributed by atoms with Crippen molar-refractivity contribution in [2.24, 2.45) is 0 Å². The van der Waals surface area contributed by atoms with E-state index in [2.05, 4.69) is 135 Å². The van der Waals surface area contributed by atoms with E-state index in [9.17, 15) is 4.79 Å². The Balaban J connectivity index is 1.22. The van der Waals surface area contributed by atoms with Crippen molar-refractivity contribution in [2.75, 3.05) is 0 Å². The Morgan fingerprint density at radius 3 is 1.88 bits per heavy atom. The standard InChI is InChI=1S/C49H44N6O/c1-4-6-26-46-50-45-32-31-38(35(3)5-2)33-44(45)48(56)54(46)34-36-27-29-37(30-28-36)42-24-16-17-25-43(42)47-51-52-53-55(47)49(39-18-10-7-11-19-39,40-20-12-8-13-21-40)41-22-14-9-15-23-41/h7-25,27-33H,3-6,26,34H2,1-2H3. The molecule has 0 radical (unpaired) electrons. The smallest absolute Gasteiger partial charge is 0.261 e. The molecular formula is C49H44N6O. The van der Waals surface area contributed by atoms with E-state index in [1.165, 1.54) is 0 Å². The van der Waals surface area contributed by atoms with Crippen molar-refractivity contribution in [3.05, 3.63) is 208 Å². The van der Waals surface area contributed by atoms with Crippen molar-refractivity contribution < 1.29 is 0 Å². The van der Waals surface area contributed by atoms with E-state index in [1.807, 2.05) is 57.8 Å². The zero-order valence-corrected chi connectivity index (χ0v) is 31.8. The molecule has 0 fully saturated rings. The molecule has 6 aromatic carbocycles. The second-order valence-corrected chi connectivity index (χ2v) is 14.2. The molecule has 0 unspecified atom stereocenters. The third-order valence-electron chi connectivity index (χ3n) is 10.8. The maximum Gasteiger partial charge on any atom is 0.261 e. The topological polar surface area (TPSA) is 78.5 Å². The molecule has 8 aromatic rings. The summed E-state index contributed by atoms with van der Waals surface area (Å²) in [6, 6.07) is 53.9. The Hall–Kier alpha value is -6.73. The summed E-state index contributed by atoms with van der Waals surface area (Å²) in [6.07, 6.45) is 3.53. The molecule has 7 heteroatoms. The number of tetrazole rings is 1. The zero-order valence-electron chi connectivity index (χ0n) is 31.8. The van der Waals surface area contributed by atoms with Crippen molar-refractivity contribution in [2.45, 2.75) is 51.6 Å². The number of hydrogen-bond acceptors (Lipinski definition) is 5. The van der Waals surface area contributed by atoms with Gasteiger partial charge < -0.3 is 0 Å². The third-order valence-corrected chi connectivity index (χ3v) is 10.8. The van der Waals surface area contributed by atoms with Crippen LogP contribution in [0.5, 0.6) is 0 Å². The van der Waals surface area contributed by atoms with Crippen LogP contribution in [-0.4, -0.2) is 29.8 Å². The minimum atomic E-state index is -0.874. The van der Waals surface area contributed by atoms with Crippen molar-refractivity contribution >= 4 is 16.5 Å². The second kappa shape index (κ2) is 15.9. The normalized spacial score (nSPS) is 11.5. The Morgan fingerprint density at radius 2 is 1.29 bits per heavy atom. The van der Waals surface area contributed by atoms with Gasteiger partial charge in [0.05, 0.1) is 17.4 Å². The summed E-state index contributed by atoms with van der Waals surface area (Å²) >= 11 is 0. The number of nitrogens with zero attached hydrogens (tertiary/aromatic N) is 6. The van der Waals surface area contributed by atoms with Crippen LogP contribution in [0.25, 0.3) is 39.0 Å². The second-order valence-electron chi connectivity index (χ2n) is 14.2. The highest BCUT2D eigenvalue weighted by atomic mass is 16.1. The molecule has 2 aromatic heterocycles. The van der Waals surface area contributed by atoms with E-state index in [4.69, 9.17) is 15.3 Å². The molecule has 0 amide bonds. The first-order chi connectivity index (χ1) is 27.5. The van der Waals surface area contributed by atoms with Crippen LogP contribution in [0, 0.1) is 0 Å². The molecule has 0 bridgehead atoms. The highest BCUT2D eigenvalue weighted by Gasteiger charge is 2.42. The maximum absolute atomic E-state index is 14.1. The molecule has 7 nitrogen and oxygen atoms in total. The van der Waals surface area contributed by atoms with Gasteiger partial charge in [-0.3, -0.25) is 9.36 Å². The zero-order chi connectivity index (χ0) is 38.5. The minimum absolute atomic E-state index is 0.0214. The average Bonchev–Trinajstić information content (AvgIpc) is 3.75. The Labute approximate surface area is 327 Å². The van der Waals surface area contributed by atoms with Gasteiger partial charge in [-0.2, -0.15) is 0 Å². The fourth-order valence-corrected chi connectivity index (χ4v) is 7.77. The molecule has 0 spiro atoms. The number of benzene rings is 6. The van der Waals surface area contributed by atoms with Gasteiger partial charge in [-0.25, -0.2) is 9.67 Å². The van der Waals surface area contributed by atoms with Crippen molar-refractivity contribution in [3.8, 4) is 22.5 Å². The lowest BCUT2D eigenvalue weighted by Gasteiger charge is -2.36. The van der Waals surface area contributed by atoms with E-state index in [0.29, 0.717) is 17.8 Å². The summed E-state index contributed by atoms with van der Waals surface area (Å²) < 4.78 is 3.82. The van der Waals surface area contributed by atoms with Gasteiger partial charge in [0.15, 0.2) is 5.82 Å². The monoisotopic (exact) mass is 732 g/mol. The molecule has 0 atom stereocenters. The maximum atomic E-state index is 14.1. The van der Waals surface area contributed by atoms with Gasteiger partial charge in [0.2, 0.25) is 0 Å². The van der Waals surface area contributed by atoms with Gasteiger partial charge in [-0.1, -0.05) is 172 Å². The summed E-state index contributed by atoms with van der Waals surface area (Å²) in [5.74, 6) is 1.45. The molecule has 0 aliphatic heterocycles. The van der Waals surface area contributed by atoms with Gasteiger partial charge in [-0.15, -0.1) is 5.10 Å². The van der Waals surface area contributed by atoms with Crippen LogP contribution < -0.4 is 5.56 Å². The molecule has 0 aliphatic carbocycles. The van der Waals surface area contributed by atoms with Crippen LogP contribution in [0.1, 0.15) is 66.8 Å². The fraction of sp³-hybridized carbons (Fsp3) is 0.163. The molecule has 8 rings (SSSR count). The molecule has 2 heterocycles. The Bertz CT molecular complexity index is 2570. The quantitative estimate of drug-likeness (QED) is 0.110. The number of hydrogen-bond donors (Lipinski definition) is 0. The van der Waals surface area contributed by atoms with Crippen LogP contribution in [-0.2, 0) is 18.5 Å². The number of fused-ring (bicyclic) bond motifs is 1. The first-order valence-corrected chi connectivity index (χ1v) is 19.4. The summed E-state index contributed by atoms with van der Waals surface area (Å²) in [5, 5.41) is 14.5. The minimum Gasteiger partial charge on any atom is -0.292 e. The lowest BCUT2D eigenvalue weighted by molar-refractivity contribution is 0.451. The van der Waals surface area contributed by atoms with E-state index in [1.54, 1.807) is 0 Å². The van der Waals surface area contributed by atoms with E-state index < -0.39 is 5.54 Å². The molecule has 0 saturated carbocycles. The van der Waals surface area contributed by atoms with E-state index in [-0.39, 0.29) is 5.56 Å². The van der Waals surface area contributed by atoms with Crippen LogP contribution in [0.2, 0.25) is 0 Å². The summed E-state index contributed by atoms with van der Waals surface area (Å²) in [6.45, 7) is 8.86. The van der Waals surface area contributed by atoms with E-state index in [0.717, 1.165) is 87.1 Å². The molecule has 0 N–H and O–H groups in total. The van der Waals surface area contributed by atoms with Crippen LogP contribution in [0.15, 0.2) is 169 Å². The highest BCUT2D eigenvalue weighted by molar-refractivity contribution is 5.83. The molecule has 0 aliphatic rings. The number of rotatable bonds is 13. The molecule has 56 heavy (non-hydrogen) atoms. The lowest BCUT2D eigenvalue weighted by Crippen LogP contribution is -2.39. The number of aryl methyl sites for hydroxylation is 1. The third kappa shape index (κ3) is 6.66. The van der Waals surface area contributed by atoms with Gasteiger partial charge in [0.1, 0.15) is 11.4 Å². The van der Waals surface area contributed by atoms with Crippen LogP contribution >= 0.6 is 0 Å². The summed E-state index contributed by atoms with van der Waals surface area (Å²) in [5.41, 5.74) is 8.86. The number of allylic oxidation sites excluding steroid dienone is 1. The summed E-state index contributed by atoms with van der Waals surface area (Å²) in [4.78, 5) is 19.1. The predicted octanol–water partition coefficient (Wildman–Crippen LogP) is 10.4. The first-order valence-electron chi connectivity index (χ1n) is 19.4. The van der Waals surface area contributed by atoms with E-state index >= 15 is 0 Å². The summed E-state index contributed by atoms with van der Waals surface area (Å²) in [7, 11) is 0. The van der Waals surface area contributed by atoms with Crippen molar-refractivity contribution in [1.29, 1.82) is 0 Å². The molecule has 276 valence electrons. The van der Waals surface area contributed by atoms with Crippen molar-refractivity contribution in [1.82, 2.24) is 29.8 Å². The van der Waals surface area contributed by atoms with Crippen LogP contribution in [0.3, 0.4) is 0 Å². The Kier molecular flexibility index (Phi) is 10.3. The average molecular weight is 733 g/mol. The lowest BCUT2D eigenvalue weighted by atomic mass is 9.77. The van der Waals surface area contributed by atoms with Gasteiger partial charge in [0, 0.05) is 12.0 Å².